The molecule has 1 aliphatic heterocycles. The standard InChI is InChI=1S/C18H17NO4/c1-12-7-8-15-14(9-12)19(11-13-5-3-2-4-6-13)18(22)16(23-15)10-17(20)21/h2-9,16H,10-11H2,1H3,(H,20,21). The molecule has 5 heteroatoms. The molecule has 0 saturated heterocycles. The normalized spacial score (nSPS) is 16.7. The van der Waals surface area contributed by atoms with Crippen molar-refractivity contribution in [3.63, 3.8) is 0 Å². The van der Waals surface area contributed by atoms with Crippen molar-refractivity contribution < 1.29 is 19.4 Å². The van der Waals surface area contributed by atoms with Crippen molar-refractivity contribution in [2.75, 3.05) is 4.90 Å². The van der Waals surface area contributed by atoms with Gasteiger partial charge < -0.3 is 14.7 Å². The number of ether oxygens (including phenoxy) is 1. The van der Waals surface area contributed by atoms with E-state index < -0.39 is 12.1 Å². The maximum atomic E-state index is 12.7. The summed E-state index contributed by atoms with van der Waals surface area (Å²) in [7, 11) is 0. The Morgan fingerprint density at radius 2 is 1.96 bits per heavy atom. The van der Waals surface area contributed by atoms with Gasteiger partial charge in [-0.1, -0.05) is 36.4 Å². The van der Waals surface area contributed by atoms with E-state index in [9.17, 15) is 9.59 Å². The van der Waals surface area contributed by atoms with Gasteiger partial charge in [-0.15, -0.1) is 0 Å². The first kappa shape index (κ1) is 15.1. The van der Waals surface area contributed by atoms with Gasteiger partial charge in [0.25, 0.3) is 5.91 Å². The van der Waals surface area contributed by atoms with E-state index in [-0.39, 0.29) is 12.3 Å². The maximum absolute atomic E-state index is 12.7. The van der Waals surface area contributed by atoms with Crippen molar-refractivity contribution in [1.82, 2.24) is 0 Å². The van der Waals surface area contributed by atoms with E-state index in [1.807, 2.05) is 49.4 Å². The largest absolute Gasteiger partial charge is 0.481 e. The predicted molar refractivity (Wildman–Crippen MR) is 85.5 cm³/mol. The molecule has 0 fully saturated rings. The lowest BCUT2D eigenvalue weighted by Gasteiger charge is -2.34. The second-order valence-electron chi connectivity index (χ2n) is 5.59. The molecule has 23 heavy (non-hydrogen) atoms. The van der Waals surface area contributed by atoms with Gasteiger partial charge in [0.1, 0.15) is 5.75 Å². The van der Waals surface area contributed by atoms with Gasteiger partial charge in [0.05, 0.1) is 18.7 Å². The Hall–Kier alpha value is -2.82. The zero-order valence-corrected chi connectivity index (χ0v) is 12.7. The minimum absolute atomic E-state index is 0.325. The average molecular weight is 311 g/mol. The number of fused-ring (bicyclic) bond motifs is 1. The number of rotatable bonds is 4. The summed E-state index contributed by atoms with van der Waals surface area (Å²) in [5.41, 5.74) is 2.67. The molecule has 1 atom stereocenters. The number of aryl methyl sites for hydroxylation is 1. The van der Waals surface area contributed by atoms with Gasteiger partial charge in [-0.25, -0.2) is 0 Å². The molecule has 0 radical (unpaired) electrons. The lowest BCUT2D eigenvalue weighted by Crippen LogP contribution is -2.46. The van der Waals surface area contributed by atoms with E-state index >= 15 is 0 Å². The SMILES string of the molecule is Cc1ccc2c(c1)N(Cc1ccccc1)C(=O)C(CC(=O)O)O2. The molecule has 118 valence electrons. The van der Waals surface area contributed by atoms with E-state index in [4.69, 9.17) is 9.84 Å². The molecule has 5 nitrogen and oxygen atoms in total. The Bertz CT molecular complexity index is 742. The van der Waals surface area contributed by atoms with Crippen LogP contribution in [0, 0.1) is 6.92 Å². The Labute approximate surface area is 134 Å². The molecular formula is C18H17NO4. The van der Waals surface area contributed by atoms with Gasteiger partial charge in [-0.2, -0.15) is 0 Å². The number of hydrogen-bond donors (Lipinski definition) is 1. The summed E-state index contributed by atoms with van der Waals surface area (Å²) in [6.45, 7) is 2.32. The molecule has 0 saturated carbocycles. The highest BCUT2D eigenvalue weighted by Crippen LogP contribution is 2.36. The first-order valence-electron chi connectivity index (χ1n) is 7.39. The van der Waals surface area contributed by atoms with Crippen molar-refractivity contribution >= 4 is 17.6 Å². The van der Waals surface area contributed by atoms with Crippen molar-refractivity contribution in [2.45, 2.75) is 26.0 Å². The van der Waals surface area contributed by atoms with Gasteiger partial charge in [-0.3, -0.25) is 9.59 Å². The molecule has 0 aliphatic carbocycles. The zero-order chi connectivity index (χ0) is 16.4. The average Bonchev–Trinajstić information content (AvgIpc) is 2.52. The van der Waals surface area contributed by atoms with Gasteiger partial charge in [0.2, 0.25) is 0 Å². The van der Waals surface area contributed by atoms with Gasteiger partial charge in [0.15, 0.2) is 6.10 Å². The molecule has 0 spiro atoms. The van der Waals surface area contributed by atoms with Crippen LogP contribution in [0.25, 0.3) is 0 Å². The van der Waals surface area contributed by atoms with Gasteiger partial charge >= 0.3 is 5.97 Å². The van der Waals surface area contributed by atoms with Crippen LogP contribution in [0.15, 0.2) is 48.5 Å². The van der Waals surface area contributed by atoms with E-state index in [2.05, 4.69) is 0 Å². The summed E-state index contributed by atoms with van der Waals surface area (Å²) in [6, 6.07) is 15.1. The Balaban J connectivity index is 1.98. The summed E-state index contributed by atoms with van der Waals surface area (Å²) < 4.78 is 5.61. The highest BCUT2D eigenvalue weighted by molar-refractivity contribution is 6.01. The summed E-state index contributed by atoms with van der Waals surface area (Å²) in [4.78, 5) is 25.3. The molecule has 1 amide bonds. The van der Waals surface area contributed by atoms with E-state index in [0.29, 0.717) is 18.0 Å². The van der Waals surface area contributed by atoms with Crippen LogP contribution in [0.3, 0.4) is 0 Å². The summed E-state index contributed by atoms with van der Waals surface area (Å²) >= 11 is 0. The molecule has 1 unspecified atom stereocenters. The highest BCUT2D eigenvalue weighted by Gasteiger charge is 2.35. The monoisotopic (exact) mass is 311 g/mol. The van der Waals surface area contributed by atoms with Crippen LogP contribution in [-0.2, 0) is 16.1 Å². The minimum Gasteiger partial charge on any atom is -0.481 e. The Morgan fingerprint density at radius 3 is 2.65 bits per heavy atom. The molecule has 2 aromatic carbocycles. The third kappa shape index (κ3) is 3.18. The third-order valence-electron chi connectivity index (χ3n) is 3.76. The van der Waals surface area contributed by atoms with Crippen LogP contribution < -0.4 is 9.64 Å². The number of carboxylic acids is 1. The van der Waals surface area contributed by atoms with Crippen LogP contribution in [0.2, 0.25) is 0 Å². The van der Waals surface area contributed by atoms with Crippen LogP contribution in [0.5, 0.6) is 5.75 Å². The number of anilines is 1. The second kappa shape index (κ2) is 6.12. The number of amides is 1. The molecule has 0 bridgehead atoms. The Kier molecular flexibility index (Phi) is 4.02. The number of aliphatic carboxylic acids is 1. The van der Waals surface area contributed by atoms with Crippen LogP contribution in [0.4, 0.5) is 5.69 Å². The lowest BCUT2D eigenvalue weighted by molar-refractivity contribution is -0.142. The van der Waals surface area contributed by atoms with Gasteiger partial charge in [0, 0.05) is 0 Å². The quantitative estimate of drug-likeness (QED) is 0.943. The number of carbonyl (C=O) groups is 2. The number of benzene rings is 2. The fourth-order valence-corrected chi connectivity index (χ4v) is 2.65. The summed E-state index contributed by atoms with van der Waals surface area (Å²) in [6.07, 6.45) is -1.34. The fourth-order valence-electron chi connectivity index (χ4n) is 2.65. The number of carbonyl (C=O) groups excluding carboxylic acids is 1. The third-order valence-corrected chi connectivity index (χ3v) is 3.76. The molecule has 2 aromatic rings. The minimum atomic E-state index is -1.06. The van der Waals surface area contributed by atoms with Gasteiger partial charge in [-0.05, 0) is 30.2 Å². The van der Waals surface area contributed by atoms with E-state index in [1.54, 1.807) is 11.0 Å². The Morgan fingerprint density at radius 1 is 1.22 bits per heavy atom. The topological polar surface area (TPSA) is 66.8 Å². The second-order valence-corrected chi connectivity index (χ2v) is 5.59. The first-order chi connectivity index (χ1) is 11.0. The molecule has 0 aromatic heterocycles. The number of carboxylic acid groups (broad SMARTS) is 1. The molecular weight excluding hydrogens is 294 g/mol. The van der Waals surface area contributed by atoms with E-state index in [1.165, 1.54) is 0 Å². The molecule has 1 heterocycles. The molecule has 3 rings (SSSR count). The highest BCUT2D eigenvalue weighted by atomic mass is 16.5. The lowest BCUT2D eigenvalue weighted by atomic mass is 10.1. The maximum Gasteiger partial charge on any atom is 0.307 e. The summed E-state index contributed by atoms with van der Waals surface area (Å²) in [5.74, 6) is -0.842. The van der Waals surface area contributed by atoms with Crippen LogP contribution in [0.1, 0.15) is 17.5 Å². The van der Waals surface area contributed by atoms with Crippen molar-refractivity contribution in [1.29, 1.82) is 0 Å². The van der Waals surface area contributed by atoms with Crippen molar-refractivity contribution in [3.8, 4) is 5.75 Å². The van der Waals surface area contributed by atoms with Crippen LogP contribution in [-0.4, -0.2) is 23.1 Å². The fraction of sp³-hybridized carbons (Fsp3) is 0.222. The smallest absolute Gasteiger partial charge is 0.307 e. The molecule has 1 aliphatic rings. The predicted octanol–water partition coefficient (Wildman–Crippen LogP) is 2.76. The van der Waals surface area contributed by atoms with Crippen molar-refractivity contribution in [3.05, 3.63) is 59.7 Å². The van der Waals surface area contributed by atoms with E-state index in [0.717, 1.165) is 11.1 Å². The number of nitrogens with zero attached hydrogens (tertiary/aromatic N) is 1. The van der Waals surface area contributed by atoms with Crippen molar-refractivity contribution in [2.24, 2.45) is 0 Å². The first-order valence-corrected chi connectivity index (χ1v) is 7.39. The number of hydrogen-bond acceptors (Lipinski definition) is 3. The zero-order valence-electron chi connectivity index (χ0n) is 12.7. The molecule has 1 N–H and O–H groups in total. The summed E-state index contributed by atoms with van der Waals surface area (Å²) in [5, 5.41) is 9.00. The van der Waals surface area contributed by atoms with Crippen LogP contribution >= 0.6 is 0 Å².